The predicted molar refractivity (Wildman–Crippen MR) is 65.2 cm³/mol. The van der Waals surface area contributed by atoms with Crippen LogP contribution in [0, 0.1) is 0 Å². The smallest absolute Gasteiger partial charge is 0.187 e. The number of halogens is 2. The van der Waals surface area contributed by atoms with E-state index in [0.717, 1.165) is 29.7 Å². The second kappa shape index (κ2) is 5.96. The molecule has 0 atom stereocenters. The van der Waals surface area contributed by atoms with E-state index in [1.165, 1.54) is 0 Å². The van der Waals surface area contributed by atoms with Crippen molar-refractivity contribution >= 4 is 23.2 Å². The third-order valence-electron chi connectivity index (χ3n) is 2.64. The topological polar surface area (TPSA) is 44.2 Å². The van der Waals surface area contributed by atoms with Gasteiger partial charge in [0.05, 0.1) is 30.4 Å². The lowest BCUT2D eigenvalue weighted by Crippen LogP contribution is -2.10. The Morgan fingerprint density at radius 2 is 2.00 bits per heavy atom. The second-order valence-corrected chi connectivity index (χ2v) is 4.41. The molecule has 94 valence electrons. The summed E-state index contributed by atoms with van der Waals surface area (Å²) in [6, 6.07) is 0. The SMILES string of the molecule is CCCc1c(CCl)nnc(Cl)c1C1OCCO1. The first-order valence-corrected chi connectivity index (χ1v) is 6.52. The molecule has 0 unspecified atom stereocenters. The van der Waals surface area contributed by atoms with Gasteiger partial charge in [-0.05, 0) is 12.0 Å². The molecule has 0 spiro atoms. The average Bonchev–Trinajstić information content (AvgIpc) is 2.83. The number of alkyl halides is 1. The van der Waals surface area contributed by atoms with Gasteiger partial charge < -0.3 is 9.47 Å². The van der Waals surface area contributed by atoms with Crippen molar-refractivity contribution in [1.82, 2.24) is 10.2 Å². The van der Waals surface area contributed by atoms with Gasteiger partial charge in [-0.15, -0.1) is 16.7 Å². The lowest BCUT2D eigenvalue weighted by molar-refractivity contribution is -0.0450. The molecule has 0 saturated carbocycles. The van der Waals surface area contributed by atoms with E-state index < -0.39 is 6.29 Å². The second-order valence-electron chi connectivity index (χ2n) is 3.79. The van der Waals surface area contributed by atoms with Gasteiger partial charge in [-0.1, -0.05) is 24.9 Å². The molecule has 17 heavy (non-hydrogen) atoms. The number of nitrogens with zero attached hydrogens (tertiary/aromatic N) is 2. The Bertz CT molecular complexity index is 395. The van der Waals surface area contributed by atoms with Gasteiger partial charge in [0.15, 0.2) is 11.4 Å². The minimum atomic E-state index is -0.429. The molecule has 6 heteroatoms. The lowest BCUT2D eigenvalue weighted by Gasteiger charge is -2.17. The lowest BCUT2D eigenvalue weighted by atomic mass is 10.0. The summed E-state index contributed by atoms with van der Waals surface area (Å²) in [6.45, 7) is 3.24. The minimum Gasteiger partial charge on any atom is -0.346 e. The number of hydrogen-bond donors (Lipinski definition) is 0. The Balaban J connectivity index is 2.44. The molecule has 0 amide bonds. The quantitative estimate of drug-likeness (QED) is 0.794. The van der Waals surface area contributed by atoms with Crippen molar-refractivity contribution in [2.75, 3.05) is 13.2 Å². The summed E-state index contributed by atoms with van der Waals surface area (Å²) in [6.07, 6.45) is 1.39. The molecule has 4 nitrogen and oxygen atoms in total. The number of hydrogen-bond acceptors (Lipinski definition) is 4. The first-order chi connectivity index (χ1) is 8.27. The number of ether oxygens (including phenoxy) is 2. The zero-order valence-corrected chi connectivity index (χ0v) is 11.1. The van der Waals surface area contributed by atoms with Crippen LogP contribution in [0.25, 0.3) is 0 Å². The number of rotatable bonds is 4. The van der Waals surface area contributed by atoms with Crippen molar-refractivity contribution in [3.63, 3.8) is 0 Å². The maximum absolute atomic E-state index is 6.10. The van der Waals surface area contributed by atoms with Gasteiger partial charge in [-0.25, -0.2) is 0 Å². The molecule has 0 radical (unpaired) electrons. The Morgan fingerprint density at radius 3 is 2.59 bits per heavy atom. The van der Waals surface area contributed by atoms with E-state index >= 15 is 0 Å². The first-order valence-electron chi connectivity index (χ1n) is 5.61. The Kier molecular flexibility index (Phi) is 4.56. The van der Waals surface area contributed by atoms with Gasteiger partial charge in [0, 0.05) is 0 Å². The normalized spacial score (nSPS) is 16.6. The summed E-state index contributed by atoms with van der Waals surface area (Å²) >= 11 is 12.0. The molecule has 2 rings (SSSR count). The molecule has 0 N–H and O–H groups in total. The Hall–Kier alpha value is -0.420. The Morgan fingerprint density at radius 1 is 1.29 bits per heavy atom. The third kappa shape index (κ3) is 2.71. The average molecular weight is 277 g/mol. The summed E-state index contributed by atoms with van der Waals surface area (Å²) in [5, 5.41) is 8.27. The highest BCUT2D eigenvalue weighted by Crippen LogP contribution is 2.33. The zero-order chi connectivity index (χ0) is 12.3. The molecule has 1 aliphatic heterocycles. The van der Waals surface area contributed by atoms with Crippen molar-refractivity contribution in [3.8, 4) is 0 Å². The molecule has 0 bridgehead atoms. The molecule has 1 aliphatic rings. The highest BCUT2D eigenvalue weighted by Gasteiger charge is 2.26. The van der Waals surface area contributed by atoms with E-state index in [9.17, 15) is 0 Å². The van der Waals surface area contributed by atoms with Crippen LogP contribution in [0.3, 0.4) is 0 Å². The van der Waals surface area contributed by atoms with Gasteiger partial charge in [-0.3, -0.25) is 0 Å². The van der Waals surface area contributed by atoms with E-state index in [0.29, 0.717) is 24.2 Å². The van der Waals surface area contributed by atoms with Crippen LogP contribution in [0.15, 0.2) is 0 Å². The predicted octanol–water partition coefficient (Wildman–Crippen LogP) is 2.87. The van der Waals surface area contributed by atoms with Crippen LogP contribution >= 0.6 is 23.2 Å². The summed E-state index contributed by atoms with van der Waals surface area (Å²) < 4.78 is 11.0. The molecule has 0 aliphatic carbocycles. The minimum absolute atomic E-state index is 0.319. The molecular formula is C11H14Cl2N2O2. The molecule has 1 fully saturated rings. The van der Waals surface area contributed by atoms with Crippen LogP contribution in [0.4, 0.5) is 0 Å². The van der Waals surface area contributed by atoms with Crippen molar-refractivity contribution in [3.05, 3.63) is 22.0 Å². The van der Waals surface area contributed by atoms with E-state index in [4.69, 9.17) is 32.7 Å². The molecule has 1 aromatic rings. The fourth-order valence-corrected chi connectivity index (χ4v) is 2.36. The fraction of sp³-hybridized carbons (Fsp3) is 0.636. The van der Waals surface area contributed by atoms with Crippen molar-refractivity contribution in [2.24, 2.45) is 0 Å². The van der Waals surface area contributed by atoms with Gasteiger partial charge in [0.2, 0.25) is 0 Å². The van der Waals surface area contributed by atoms with E-state index in [1.54, 1.807) is 0 Å². The zero-order valence-electron chi connectivity index (χ0n) is 9.58. The summed E-state index contributed by atoms with van der Waals surface area (Å²) in [5.74, 6) is 0.319. The van der Waals surface area contributed by atoms with Crippen LogP contribution in [-0.4, -0.2) is 23.4 Å². The van der Waals surface area contributed by atoms with Crippen LogP contribution in [0.2, 0.25) is 5.15 Å². The Labute approximate surface area is 110 Å². The van der Waals surface area contributed by atoms with Gasteiger partial charge >= 0.3 is 0 Å². The van der Waals surface area contributed by atoms with Crippen LogP contribution in [-0.2, 0) is 21.8 Å². The van der Waals surface area contributed by atoms with E-state index in [-0.39, 0.29) is 0 Å². The van der Waals surface area contributed by atoms with Gasteiger partial charge in [0.1, 0.15) is 0 Å². The molecule has 0 aromatic carbocycles. The highest BCUT2D eigenvalue weighted by atomic mass is 35.5. The van der Waals surface area contributed by atoms with Crippen LogP contribution in [0.5, 0.6) is 0 Å². The van der Waals surface area contributed by atoms with Gasteiger partial charge in [-0.2, -0.15) is 5.10 Å². The monoisotopic (exact) mass is 276 g/mol. The molecule has 1 aromatic heterocycles. The van der Waals surface area contributed by atoms with Crippen LogP contribution in [0.1, 0.15) is 36.5 Å². The molecule has 1 saturated heterocycles. The van der Waals surface area contributed by atoms with Crippen molar-refractivity contribution in [1.29, 1.82) is 0 Å². The largest absolute Gasteiger partial charge is 0.346 e. The third-order valence-corrected chi connectivity index (χ3v) is 3.17. The maximum atomic E-state index is 6.10. The summed E-state index contributed by atoms with van der Waals surface area (Å²) in [5.41, 5.74) is 2.55. The summed E-state index contributed by atoms with van der Waals surface area (Å²) in [4.78, 5) is 0. The first kappa shape index (κ1) is 13.0. The van der Waals surface area contributed by atoms with Gasteiger partial charge in [0.25, 0.3) is 0 Å². The van der Waals surface area contributed by atoms with E-state index in [1.807, 2.05) is 0 Å². The summed E-state index contributed by atoms with van der Waals surface area (Å²) in [7, 11) is 0. The van der Waals surface area contributed by atoms with E-state index in [2.05, 4.69) is 17.1 Å². The van der Waals surface area contributed by atoms with Crippen molar-refractivity contribution < 1.29 is 9.47 Å². The molecular weight excluding hydrogens is 263 g/mol. The fourth-order valence-electron chi connectivity index (χ4n) is 1.90. The standard InChI is InChI=1S/C11H14Cl2N2O2/c1-2-3-7-8(6-12)14-15-10(13)9(7)11-16-4-5-17-11/h11H,2-6H2,1H3. The highest BCUT2D eigenvalue weighted by molar-refractivity contribution is 6.30. The number of aromatic nitrogens is 2. The molecule has 2 heterocycles. The van der Waals surface area contributed by atoms with Crippen molar-refractivity contribution in [2.45, 2.75) is 31.9 Å². The van der Waals surface area contributed by atoms with Crippen LogP contribution < -0.4 is 0 Å². The maximum Gasteiger partial charge on any atom is 0.187 e.